The van der Waals surface area contributed by atoms with Crippen molar-refractivity contribution in [3.8, 4) is 11.8 Å². The predicted molar refractivity (Wildman–Crippen MR) is 93.9 cm³/mol. The molecule has 1 aliphatic rings. The molecule has 10 heteroatoms. The Morgan fingerprint density at radius 3 is 2.63 bits per heavy atom. The Morgan fingerprint density at radius 1 is 1.44 bits per heavy atom. The maximum atomic E-state index is 12.5. The fourth-order valence-corrected chi connectivity index (χ4v) is 2.71. The number of benzene rings is 1. The number of nitro benzene ring substituents is 1. The Kier molecular flexibility index (Phi) is 6.32. The summed E-state index contributed by atoms with van der Waals surface area (Å²) in [4.78, 5) is 35.2. The van der Waals surface area contributed by atoms with Crippen LogP contribution in [0.3, 0.4) is 0 Å². The Bertz CT molecular complexity index is 821. The van der Waals surface area contributed by atoms with Gasteiger partial charge in [0.2, 0.25) is 0 Å². The summed E-state index contributed by atoms with van der Waals surface area (Å²) in [6.45, 7) is 0.490. The molecule has 1 aromatic rings. The summed E-state index contributed by atoms with van der Waals surface area (Å²) in [5.41, 5.74) is -0.138. The van der Waals surface area contributed by atoms with Crippen molar-refractivity contribution in [1.29, 1.82) is 5.26 Å². The molecule has 1 heterocycles. The number of carboxylic acid groups (broad SMARTS) is 1. The van der Waals surface area contributed by atoms with E-state index in [1.165, 1.54) is 30.2 Å². The van der Waals surface area contributed by atoms with Crippen LogP contribution in [0.1, 0.15) is 12.8 Å². The number of piperidine rings is 1. The molecule has 0 unspecified atom stereocenters. The molecule has 1 fully saturated rings. The van der Waals surface area contributed by atoms with Crippen molar-refractivity contribution >= 4 is 23.3 Å². The molecule has 0 bridgehead atoms. The zero-order valence-corrected chi connectivity index (χ0v) is 14.5. The first-order chi connectivity index (χ1) is 12.9. The number of nitriles is 1. The molecule has 10 nitrogen and oxygen atoms in total. The molecule has 0 aromatic heterocycles. The Balaban J connectivity index is 2.14. The van der Waals surface area contributed by atoms with Crippen LogP contribution in [0.2, 0.25) is 0 Å². The van der Waals surface area contributed by atoms with Crippen molar-refractivity contribution < 1.29 is 24.4 Å². The van der Waals surface area contributed by atoms with Crippen LogP contribution in [0, 0.1) is 27.4 Å². The number of carbonyl (C=O) groups is 2. The minimum Gasteiger partial charge on any atom is -0.495 e. The highest BCUT2D eigenvalue weighted by molar-refractivity contribution is 5.97. The number of nitrogens with zero attached hydrogens (tertiary/aromatic N) is 3. The fraction of sp³-hybridized carbons (Fsp3) is 0.353. The van der Waals surface area contributed by atoms with Gasteiger partial charge < -0.3 is 20.1 Å². The third kappa shape index (κ3) is 4.72. The zero-order chi connectivity index (χ0) is 20.0. The van der Waals surface area contributed by atoms with Crippen molar-refractivity contribution in [3.05, 3.63) is 40.1 Å². The number of ether oxygens (including phenoxy) is 1. The number of hydrogen-bond acceptors (Lipinski definition) is 7. The van der Waals surface area contributed by atoms with Gasteiger partial charge in [-0.25, -0.2) is 0 Å². The molecule has 27 heavy (non-hydrogen) atoms. The van der Waals surface area contributed by atoms with Gasteiger partial charge in [-0.1, -0.05) is 0 Å². The first kappa shape index (κ1) is 19.7. The number of amides is 1. The Morgan fingerprint density at radius 2 is 2.11 bits per heavy atom. The molecule has 142 valence electrons. The number of aliphatic carboxylic acids is 1. The molecular weight excluding hydrogens is 356 g/mol. The summed E-state index contributed by atoms with van der Waals surface area (Å²) in [5.74, 6) is -1.60. The summed E-state index contributed by atoms with van der Waals surface area (Å²) in [6.07, 6.45) is 1.81. The molecular formula is C17H18N4O6. The smallest absolute Gasteiger partial charge is 0.306 e. The van der Waals surface area contributed by atoms with Gasteiger partial charge in [0.05, 0.1) is 23.6 Å². The number of carboxylic acids is 1. The van der Waals surface area contributed by atoms with Crippen LogP contribution >= 0.6 is 0 Å². The second-order valence-corrected chi connectivity index (χ2v) is 5.86. The largest absolute Gasteiger partial charge is 0.495 e. The van der Waals surface area contributed by atoms with E-state index in [1.54, 1.807) is 6.07 Å². The predicted octanol–water partition coefficient (Wildman–Crippen LogP) is 1.75. The molecule has 2 N–H and O–H groups in total. The van der Waals surface area contributed by atoms with E-state index in [2.05, 4.69) is 5.32 Å². The molecule has 1 amide bonds. The van der Waals surface area contributed by atoms with E-state index in [4.69, 9.17) is 9.84 Å². The molecule has 0 aliphatic carbocycles. The van der Waals surface area contributed by atoms with Crippen LogP contribution in [0.15, 0.2) is 30.0 Å². The second kappa shape index (κ2) is 8.66. The Labute approximate surface area is 154 Å². The van der Waals surface area contributed by atoms with Crippen molar-refractivity contribution in [2.45, 2.75) is 12.8 Å². The first-order valence-electron chi connectivity index (χ1n) is 8.08. The number of methoxy groups -OCH3 is 1. The molecule has 2 rings (SSSR count). The monoisotopic (exact) mass is 374 g/mol. The maximum Gasteiger partial charge on any atom is 0.306 e. The molecule has 0 radical (unpaired) electrons. The lowest BCUT2D eigenvalue weighted by Gasteiger charge is -2.29. The average molecular weight is 374 g/mol. The number of rotatable bonds is 6. The summed E-state index contributed by atoms with van der Waals surface area (Å²) in [6, 6.07) is 5.70. The fourth-order valence-electron chi connectivity index (χ4n) is 2.71. The number of carbonyl (C=O) groups excluding carboxylic acids is 1. The van der Waals surface area contributed by atoms with Gasteiger partial charge in [-0.05, 0) is 18.9 Å². The van der Waals surface area contributed by atoms with E-state index in [0.29, 0.717) is 18.6 Å². The molecule has 0 spiro atoms. The quantitative estimate of drug-likeness (QED) is 0.331. The molecule has 0 atom stereocenters. The van der Waals surface area contributed by atoms with Gasteiger partial charge in [0.1, 0.15) is 17.4 Å². The van der Waals surface area contributed by atoms with Crippen LogP contribution in [0.4, 0.5) is 11.4 Å². The normalized spacial score (nSPS) is 15.0. The third-order valence-electron chi connectivity index (χ3n) is 4.25. The van der Waals surface area contributed by atoms with E-state index in [-0.39, 0.29) is 30.0 Å². The first-order valence-corrected chi connectivity index (χ1v) is 8.08. The van der Waals surface area contributed by atoms with E-state index < -0.39 is 22.7 Å². The number of non-ortho nitro benzene ring substituents is 1. The van der Waals surface area contributed by atoms with Gasteiger partial charge >= 0.3 is 5.97 Å². The van der Waals surface area contributed by atoms with E-state index in [1.807, 2.05) is 0 Å². The van der Waals surface area contributed by atoms with E-state index in [0.717, 1.165) is 6.20 Å². The highest BCUT2D eigenvalue weighted by Crippen LogP contribution is 2.29. The van der Waals surface area contributed by atoms with Crippen LogP contribution in [-0.2, 0) is 9.59 Å². The number of likely N-dealkylation sites (tertiary alicyclic amines) is 1. The summed E-state index contributed by atoms with van der Waals surface area (Å²) < 4.78 is 5.11. The van der Waals surface area contributed by atoms with E-state index in [9.17, 15) is 25.0 Å². The second-order valence-electron chi connectivity index (χ2n) is 5.86. The van der Waals surface area contributed by atoms with Gasteiger partial charge in [-0.3, -0.25) is 19.7 Å². The lowest BCUT2D eigenvalue weighted by molar-refractivity contribution is -0.384. The zero-order valence-electron chi connectivity index (χ0n) is 14.5. The minimum absolute atomic E-state index is 0.174. The van der Waals surface area contributed by atoms with Gasteiger partial charge in [-0.15, -0.1) is 0 Å². The van der Waals surface area contributed by atoms with Gasteiger partial charge in [0, 0.05) is 31.4 Å². The maximum absolute atomic E-state index is 12.5. The van der Waals surface area contributed by atoms with Crippen molar-refractivity contribution in [2.75, 3.05) is 25.5 Å². The highest BCUT2D eigenvalue weighted by Gasteiger charge is 2.28. The standard InChI is InChI=1S/C17H18N4O6/c1-27-15-3-2-13(21(25)26)8-14(15)19-10-12(9-18)16(22)20-6-4-11(5-7-20)17(23)24/h2-3,8,10-11,19H,4-7H2,1H3,(H,23,24)/b12-10-. The SMILES string of the molecule is COc1ccc([N+](=O)[O-])cc1N/C=C(/C#N)C(=O)N1CCC(C(=O)O)CC1. The van der Waals surface area contributed by atoms with Crippen molar-refractivity contribution in [1.82, 2.24) is 4.90 Å². The van der Waals surface area contributed by atoms with Gasteiger partial charge in [-0.2, -0.15) is 5.26 Å². The van der Waals surface area contributed by atoms with Crippen LogP contribution in [0.5, 0.6) is 5.75 Å². The topological polar surface area (TPSA) is 146 Å². The summed E-state index contributed by atoms with van der Waals surface area (Å²) in [7, 11) is 1.39. The summed E-state index contributed by atoms with van der Waals surface area (Å²) >= 11 is 0. The highest BCUT2D eigenvalue weighted by atomic mass is 16.6. The molecule has 1 aliphatic heterocycles. The number of hydrogen-bond donors (Lipinski definition) is 2. The van der Waals surface area contributed by atoms with Gasteiger partial charge in [0.25, 0.3) is 11.6 Å². The molecule has 1 saturated heterocycles. The van der Waals surface area contributed by atoms with Crippen molar-refractivity contribution in [3.63, 3.8) is 0 Å². The van der Waals surface area contributed by atoms with Gasteiger partial charge in [0.15, 0.2) is 0 Å². The van der Waals surface area contributed by atoms with E-state index >= 15 is 0 Å². The van der Waals surface area contributed by atoms with Crippen LogP contribution < -0.4 is 10.1 Å². The molecule has 1 aromatic carbocycles. The average Bonchev–Trinajstić information content (AvgIpc) is 2.68. The third-order valence-corrected chi connectivity index (χ3v) is 4.25. The number of nitro groups is 1. The lowest BCUT2D eigenvalue weighted by atomic mass is 9.97. The van der Waals surface area contributed by atoms with Crippen LogP contribution in [-0.4, -0.2) is 47.0 Å². The Hall–Kier alpha value is -3.61. The van der Waals surface area contributed by atoms with Crippen LogP contribution in [0.25, 0.3) is 0 Å². The van der Waals surface area contributed by atoms with Crippen molar-refractivity contribution in [2.24, 2.45) is 5.92 Å². The number of nitrogens with one attached hydrogen (secondary N) is 1. The minimum atomic E-state index is -0.891. The number of anilines is 1. The molecule has 0 saturated carbocycles. The lowest BCUT2D eigenvalue weighted by Crippen LogP contribution is -2.40. The summed E-state index contributed by atoms with van der Waals surface area (Å²) in [5, 5.41) is 31.9.